The molecule has 0 amide bonds. The normalized spacial score (nSPS) is 12.6. The number of pyridine rings is 1. The van der Waals surface area contributed by atoms with E-state index in [-0.39, 0.29) is 6.42 Å². The second kappa shape index (κ2) is 6.42. The van der Waals surface area contributed by atoms with Gasteiger partial charge in [-0.2, -0.15) is 17.7 Å². The van der Waals surface area contributed by atoms with E-state index in [1.807, 2.05) is 43.4 Å². The maximum Gasteiger partial charge on any atom is 0.394 e. The summed E-state index contributed by atoms with van der Waals surface area (Å²) in [6.07, 6.45) is -4.25. The van der Waals surface area contributed by atoms with Crippen LogP contribution in [0.25, 0.3) is 22.2 Å². The topological polar surface area (TPSA) is 3.88 Å². The van der Waals surface area contributed by atoms with Crippen LogP contribution in [0.2, 0.25) is 0 Å². The van der Waals surface area contributed by atoms with Gasteiger partial charge < -0.3 is 0 Å². The lowest BCUT2D eigenvalue weighted by atomic mass is 9.85. The van der Waals surface area contributed by atoms with E-state index in [4.69, 9.17) is 0 Å². The van der Waals surface area contributed by atoms with E-state index in [0.29, 0.717) is 5.56 Å². The van der Waals surface area contributed by atoms with Crippen molar-refractivity contribution in [2.24, 2.45) is 12.5 Å². The van der Waals surface area contributed by atoms with Crippen molar-refractivity contribution >= 4 is 10.9 Å². The number of nitrogens with zero attached hydrogens (tertiary/aromatic N) is 1. The fourth-order valence-corrected chi connectivity index (χ4v) is 3.30. The first-order valence-corrected chi connectivity index (χ1v) is 8.64. The summed E-state index contributed by atoms with van der Waals surface area (Å²) in [7, 11) is 1.99. The van der Waals surface area contributed by atoms with Crippen molar-refractivity contribution < 1.29 is 17.7 Å². The van der Waals surface area contributed by atoms with Crippen LogP contribution in [0.5, 0.6) is 0 Å². The molecule has 0 saturated carbocycles. The van der Waals surface area contributed by atoms with Gasteiger partial charge in [0.25, 0.3) is 0 Å². The minimum Gasteiger partial charge on any atom is -0.194 e. The molecule has 2 aromatic carbocycles. The Balaban J connectivity index is 2.03. The highest BCUT2D eigenvalue weighted by Crippen LogP contribution is 2.40. The first kappa shape index (κ1) is 18.4. The van der Waals surface area contributed by atoms with E-state index in [2.05, 4.69) is 23.6 Å². The van der Waals surface area contributed by atoms with E-state index in [9.17, 15) is 13.2 Å². The minimum atomic E-state index is -4.22. The van der Waals surface area contributed by atoms with Gasteiger partial charge in [0.1, 0.15) is 7.05 Å². The molecule has 3 rings (SSSR count). The summed E-state index contributed by atoms with van der Waals surface area (Å²) in [4.78, 5) is 0. The Labute approximate surface area is 152 Å². The molecule has 26 heavy (non-hydrogen) atoms. The summed E-state index contributed by atoms with van der Waals surface area (Å²) in [5, 5.41) is 0.945. The van der Waals surface area contributed by atoms with Gasteiger partial charge in [-0.3, -0.25) is 0 Å². The van der Waals surface area contributed by atoms with Gasteiger partial charge in [0.05, 0.1) is 5.41 Å². The lowest BCUT2D eigenvalue weighted by Gasteiger charge is -2.27. The van der Waals surface area contributed by atoms with Crippen LogP contribution in [0, 0.1) is 12.3 Å². The third-order valence-corrected chi connectivity index (χ3v) is 5.07. The lowest BCUT2D eigenvalue weighted by Crippen LogP contribution is -2.34. The zero-order chi connectivity index (χ0) is 19.1. The average Bonchev–Trinajstić information content (AvgIpc) is 2.55. The third-order valence-electron chi connectivity index (χ3n) is 5.07. The number of aryl methyl sites for hydroxylation is 2. The highest BCUT2D eigenvalue weighted by Gasteiger charge is 2.47. The predicted octanol–water partition coefficient (Wildman–Crippen LogP) is 5.77. The monoisotopic (exact) mass is 358 g/mol. The molecule has 0 spiro atoms. The molecular weight excluding hydrogens is 335 g/mol. The van der Waals surface area contributed by atoms with Crippen molar-refractivity contribution in [2.75, 3.05) is 0 Å². The zero-order valence-corrected chi connectivity index (χ0v) is 15.5. The first-order valence-electron chi connectivity index (χ1n) is 8.64. The Bertz CT molecular complexity index is 955. The molecule has 4 heteroatoms. The summed E-state index contributed by atoms with van der Waals surface area (Å²) in [5.41, 5.74) is 3.37. The van der Waals surface area contributed by atoms with Crippen LogP contribution < -0.4 is 4.57 Å². The van der Waals surface area contributed by atoms with E-state index < -0.39 is 11.6 Å². The molecule has 1 aromatic heterocycles. The number of rotatable bonds is 3. The van der Waals surface area contributed by atoms with E-state index in [0.717, 1.165) is 22.2 Å². The van der Waals surface area contributed by atoms with Crippen molar-refractivity contribution in [1.29, 1.82) is 0 Å². The molecule has 3 aromatic rings. The van der Waals surface area contributed by atoms with Gasteiger partial charge in [-0.05, 0) is 42.7 Å². The number of hydrogen-bond donors (Lipinski definition) is 0. The number of benzene rings is 2. The van der Waals surface area contributed by atoms with Gasteiger partial charge in [0.2, 0.25) is 11.2 Å². The van der Waals surface area contributed by atoms with Crippen LogP contribution in [0.3, 0.4) is 0 Å². The Morgan fingerprint density at radius 2 is 1.62 bits per heavy atom. The molecule has 0 saturated heterocycles. The quantitative estimate of drug-likeness (QED) is 0.523. The lowest BCUT2D eigenvalue weighted by molar-refractivity contribution is -0.633. The van der Waals surface area contributed by atoms with Gasteiger partial charge in [-0.15, -0.1) is 0 Å². The van der Waals surface area contributed by atoms with Gasteiger partial charge >= 0.3 is 6.18 Å². The smallest absolute Gasteiger partial charge is 0.194 e. The molecule has 136 valence electrons. The first-order chi connectivity index (χ1) is 12.1. The summed E-state index contributed by atoms with van der Waals surface area (Å²) < 4.78 is 41.6. The molecule has 0 aliphatic carbocycles. The number of halogens is 3. The van der Waals surface area contributed by atoms with Crippen LogP contribution in [0.15, 0.2) is 54.6 Å². The molecule has 0 aliphatic heterocycles. The van der Waals surface area contributed by atoms with Crippen molar-refractivity contribution in [3.8, 4) is 11.3 Å². The average molecular weight is 358 g/mol. The van der Waals surface area contributed by atoms with Crippen molar-refractivity contribution in [3.63, 3.8) is 0 Å². The minimum absolute atomic E-state index is 0.0320. The van der Waals surface area contributed by atoms with Crippen LogP contribution in [0.4, 0.5) is 13.2 Å². The standard InChI is InChI=1S/C22H23F3N/c1-15-7-5-6-8-18(15)20-12-10-17-13-16(9-11-19(17)26(20)4)14-21(2,3)22(23,24)25/h5-13H,14H2,1-4H3/q+1. The molecule has 0 bridgehead atoms. The summed E-state index contributed by atoms with van der Waals surface area (Å²) >= 11 is 0. The fraction of sp³-hybridized carbons (Fsp3) is 0.318. The predicted molar refractivity (Wildman–Crippen MR) is 98.8 cm³/mol. The maximum absolute atomic E-state index is 13.2. The fourth-order valence-electron chi connectivity index (χ4n) is 3.30. The summed E-state index contributed by atoms with van der Waals surface area (Å²) in [5.74, 6) is 0. The molecular formula is C22H23F3N+. The van der Waals surface area contributed by atoms with Gasteiger partial charge in [0, 0.05) is 23.1 Å². The highest BCUT2D eigenvalue weighted by molar-refractivity contribution is 5.78. The second-order valence-corrected chi connectivity index (χ2v) is 7.54. The second-order valence-electron chi connectivity index (χ2n) is 7.54. The molecule has 1 nitrogen and oxygen atoms in total. The number of aromatic nitrogens is 1. The highest BCUT2D eigenvalue weighted by atomic mass is 19.4. The molecule has 0 unspecified atom stereocenters. The largest absolute Gasteiger partial charge is 0.394 e. The summed E-state index contributed by atoms with van der Waals surface area (Å²) in [6, 6.07) is 17.8. The Morgan fingerprint density at radius 1 is 0.923 bits per heavy atom. The van der Waals surface area contributed by atoms with E-state index >= 15 is 0 Å². The van der Waals surface area contributed by atoms with Crippen LogP contribution in [0.1, 0.15) is 25.0 Å². The summed E-state index contributed by atoms with van der Waals surface area (Å²) in [6.45, 7) is 4.57. The number of fused-ring (bicyclic) bond motifs is 1. The van der Waals surface area contributed by atoms with E-state index in [1.54, 1.807) is 6.07 Å². The molecule has 1 heterocycles. The Hall–Kier alpha value is -2.36. The van der Waals surface area contributed by atoms with Crippen LogP contribution >= 0.6 is 0 Å². The van der Waals surface area contributed by atoms with Crippen LogP contribution in [-0.4, -0.2) is 6.18 Å². The molecule has 0 fully saturated rings. The van der Waals surface area contributed by atoms with Crippen molar-refractivity contribution in [1.82, 2.24) is 0 Å². The molecule has 0 atom stereocenters. The zero-order valence-electron chi connectivity index (χ0n) is 15.5. The Morgan fingerprint density at radius 3 is 2.27 bits per heavy atom. The Kier molecular flexibility index (Phi) is 4.55. The SMILES string of the molecule is Cc1ccccc1-c1ccc2cc(CC(C)(C)C(F)(F)F)ccc2[n+]1C. The van der Waals surface area contributed by atoms with Gasteiger partial charge in [0.15, 0.2) is 0 Å². The molecule has 0 radical (unpaired) electrons. The van der Waals surface area contributed by atoms with Gasteiger partial charge in [-0.25, -0.2) is 0 Å². The van der Waals surface area contributed by atoms with Gasteiger partial charge in [-0.1, -0.05) is 38.1 Å². The number of alkyl halides is 3. The van der Waals surface area contributed by atoms with Crippen molar-refractivity contribution in [3.05, 3.63) is 65.7 Å². The third kappa shape index (κ3) is 3.33. The molecule has 0 N–H and O–H groups in total. The van der Waals surface area contributed by atoms with E-state index in [1.165, 1.54) is 19.4 Å². The van der Waals surface area contributed by atoms with Crippen molar-refractivity contribution in [2.45, 2.75) is 33.4 Å². The van der Waals surface area contributed by atoms with Crippen LogP contribution in [-0.2, 0) is 13.5 Å². The molecule has 0 aliphatic rings. The maximum atomic E-state index is 13.2. The number of hydrogen-bond acceptors (Lipinski definition) is 0.